The Morgan fingerprint density at radius 1 is 1.44 bits per heavy atom. The highest BCUT2D eigenvalue weighted by Gasteiger charge is 2.25. The molecule has 2 rings (SSSR count). The van der Waals surface area contributed by atoms with E-state index in [1.165, 1.54) is 6.07 Å². The Balaban J connectivity index is 2.10. The highest BCUT2D eigenvalue weighted by atomic mass is 79.9. The number of nitrogens with zero attached hydrogens (tertiary/aromatic N) is 1. The summed E-state index contributed by atoms with van der Waals surface area (Å²) in [5.41, 5.74) is 0.380. The average molecular weight is 316 g/mol. The van der Waals surface area contributed by atoms with Crippen molar-refractivity contribution in [2.24, 2.45) is 0 Å². The van der Waals surface area contributed by atoms with Gasteiger partial charge in [-0.25, -0.2) is 4.39 Å². The first-order chi connectivity index (χ1) is 8.63. The highest BCUT2D eigenvalue weighted by molar-refractivity contribution is 9.10. The number of amides is 1. The van der Waals surface area contributed by atoms with Crippen molar-refractivity contribution in [2.45, 2.75) is 18.9 Å². The van der Waals surface area contributed by atoms with Crippen LogP contribution in [0.2, 0.25) is 0 Å². The van der Waals surface area contributed by atoms with E-state index in [4.69, 9.17) is 4.74 Å². The maximum atomic E-state index is 13.4. The van der Waals surface area contributed by atoms with Gasteiger partial charge in [0, 0.05) is 20.2 Å². The smallest absolute Gasteiger partial charge is 0.255 e. The van der Waals surface area contributed by atoms with Gasteiger partial charge in [-0.05, 0) is 40.9 Å². The number of likely N-dealkylation sites (tertiary alicyclic amines) is 1. The minimum atomic E-state index is -0.410. The third-order valence-electron chi connectivity index (χ3n) is 3.24. The standard InChI is InChI=1S/C13H15BrFNO2/c1-18-9-5-7-16(8-6-9)13(17)10-3-2-4-11(15)12(10)14/h2-4,9H,5-8H2,1H3. The van der Waals surface area contributed by atoms with Crippen molar-refractivity contribution in [3.8, 4) is 0 Å². The molecule has 0 saturated carbocycles. The van der Waals surface area contributed by atoms with E-state index in [1.54, 1.807) is 24.1 Å². The van der Waals surface area contributed by atoms with Crippen molar-refractivity contribution < 1.29 is 13.9 Å². The second kappa shape index (κ2) is 5.80. The first kappa shape index (κ1) is 13.5. The number of benzene rings is 1. The predicted molar refractivity (Wildman–Crippen MR) is 70.0 cm³/mol. The summed E-state index contributed by atoms with van der Waals surface area (Å²) in [4.78, 5) is 14.0. The van der Waals surface area contributed by atoms with Crippen LogP contribution in [0.4, 0.5) is 4.39 Å². The van der Waals surface area contributed by atoms with Crippen molar-refractivity contribution in [3.63, 3.8) is 0 Å². The number of carbonyl (C=O) groups is 1. The van der Waals surface area contributed by atoms with Gasteiger partial charge in [0.1, 0.15) is 5.82 Å². The molecule has 0 unspecified atom stereocenters. The zero-order chi connectivity index (χ0) is 13.1. The van der Waals surface area contributed by atoms with Crippen LogP contribution in [0.1, 0.15) is 23.2 Å². The van der Waals surface area contributed by atoms with Crippen molar-refractivity contribution in [2.75, 3.05) is 20.2 Å². The third-order valence-corrected chi connectivity index (χ3v) is 4.05. The van der Waals surface area contributed by atoms with Crippen LogP contribution in [-0.2, 0) is 4.74 Å². The molecule has 98 valence electrons. The van der Waals surface area contributed by atoms with Crippen LogP contribution in [0, 0.1) is 5.82 Å². The molecule has 1 fully saturated rings. The lowest BCUT2D eigenvalue weighted by atomic mass is 10.1. The van der Waals surface area contributed by atoms with Gasteiger partial charge in [0.15, 0.2) is 0 Å². The van der Waals surface area contributed by atoms with Crippen LogP contribution in [-0.4, -0.2) is 37.1 Å². The maximum absolute atomic E-state index is 13.4. The van der Waals surface area contributed by atoms with Gasteiger partial charge in [0.25, 0.3) is 5.91 Å². The van der Waals surface area contributed by atoms with E-state index < -0.39 is 5.82 Å². The summed E-state index contributed by atoms with van der Waals surface area (Å²) in [5, 5.41) is 0. The zero-order valence-electron chi connectivity index (χ0n) is 10.2. The number of hydrogen-bond donors (Lipinski definition) is 0. The number of piperidine rings is 1. The summed E-state index contributed by atoms with van der Waals surface area (Å²) >= 11 is 3.13. The molecule has 0 atom stereocenters. The van der Waals surface area contributed by atoms with E-state index in [1.807, 2.05) is 0 Å². The lowest BCUT2D eigenvalue weighted by Gasteiger charge is -2.31. The van der Waals surface area contributed by atoms with Gasteiger partial charge in [0.2, 0.25) is 0 Å². The van der Waals surface area contributed by atoms with E-state index in [0.29, 0.717) is 18.7 Å². The van der Waals surface area contributed by atoms with Crippen LogP contribution in [0.25, 0.3) is 0 Å². The maximum Gasteiger partial charge on any atom is 0.255 e. The van der Waals surface area contributed by atoms with Crippen LogP contribution < -0.4 is 0 Å². The average Bonchev–Trinajstić information content (AvgIpc) is 2.41. The molecule has 1 aromatic carbocycles. The van der Waals surface area contributed by atoms with Crippen molar-refractivity contribution >= 4 is 21.8 Å². The Kier molecular flexibility index (Phi) is 4.35. The van der Waals surface area contributed by atoms with Crippen molar-refractivity contribution in [3.05, 3.63) is 34.1 Å². The molecule has 0 spiro atoms. The fourth-order valence-electron chi connectivity index (χ4n) is 2.13. The molecular formula is C13H15BrFNO2. The first-order valence-electron chi connectivity index (χ1n) is 5.89. The molecule has 0 radical (unpaired) electrons. The largest absolute Gasteiger partial charge is 0.381 e. The summed E-state index contributed by atoms with van der Waals surface area (Å²) in [6, 6.07) is 4.52. The first-order valence-corrected chi connectivity index (χ1v) is 6.69. The summed E-state index contributed by atoms with van der Waals surface area (Å²) in [6.45, 7) is 1.31. The van der Waals surface area contributed by atoms with E-state index in [9.17, 15) is 9.18 Å². The van der Waals surface area contributed by atoms with Crippen molar-refractivity contribution in [1.82, 2.24) is 4.90 Å². The van der Waals surface area contributed by atoms with Gasteiger partial charge in [-0.1, -0.05) is 6.07 Å². The van der Waals surface area contributed by atoms with Crippen molar-refractivity contribution in [1.29, 1.82) is 0 Å². The minimum Gasteiger partial charge on any atom is -0.381 e. The molecule has 0 bridgehead atoms. The molecule has 5 heteroatoms. The summed E-state index contributed by atoms with van der Waals surface area (Å²) in [7, 11) is 1.69. The lowest BCUT2D eigenvalue weighted by Crippen LogP contribution is -2.40. The SMILES string of the molecule is COC1CCN(C(=O)c2cccc(F)c2Br)CC1. The second-order valence-electron chi connectivity index (χ2n) is 4.33. The van der Waals surface area contributed by atoms with E-state index >= 15 is 0 Å². The zero-order valence-corrected chi connectivity index (χ0v) is 11.7. The predicted octanol–water partition coefficient (Wildman–Crippen LogP) is 2.84. The number of ether oxygens (including phenoxy) is 1. The summed E-state index contributed by atoms with van der Waals surface area (Å²) in [6.07, 6.45) is 1.88. The highest BCUT2D eigenvalue weighted by Crippen LogP contribution is 2.23. The minimum absolute atomic E-state index is 0.129. The number of carbonyl (C=O) groups excluding carboxylic acids is 1. The van der Waals surface area contributed by atoms with Crippen LogP contribution in [0.5, 0.6) is 0 Å². The Labute approximate surface area is 114 Å². The molecule has 1 amide bonds. The molecule has 1 aromatic rings. The molecule has 0 N–H and O–H groups in total. The van der Waals surface area contributed by atoms with Gasteiger partial charge in [0.05, 0.1) is 16.1 Å². The fourth-order valence-corrected chi connectivity index (χ4v) is 2.57. The molecule has 0 aromatic heterocycles. The summed E-state index contributed by atoms with van der Waals surface area (Å²) < 4.78 is 18.9. The van der Waals surface area contributed by atoms with E-state index in [-0.39, 0.29) is 16.5 Å². The topological polar surface area (TPSA) is 29.5 Å². The molecular weight excluding hydrogens is 301 g/mol. The van der Waals surface area contributed by atoms with Crippen LogP contribution in [0.3, 0.4) is 0 Å². The van der Waals surface area contributed by atoms with Gasteiger partial charge >= 0.3 is 0 Å². The Hall–Kier alpha value is -0.940. The quantitative estimate of drug-likeness (QED) is 0.840. The van der Waals surface area contributed by atoms with Gasteiger partial charge < -0.3 is 9.64 Å². The number of halogens is 2. The van der Waals surface area contributed by atoms with E-state index in [2.05, 4.69) is 15.9 Å². The molecule has 1 saturated heterocycles. The number of hydrogen-bond acceptors (Lipinski definition) is 2. The van der Waals surface area contributed by atoms with E-state index in [0.717, 1.165) is 12.8 Å². The molecule has 0 aliphatic carbocycles. The monoisotopic (exact) mass is 315 g/mol. The molecule has 18 heavy (non-hydrogen) atoms. The normalized spacial score (nSPS) is 16.9. The third kappa shape index (κ3) is 2.72. The Morgan fingerprint density at radius 2 is 2.11 bits per heavy atom. The van der Waals surface area contributed by atoms with Gasteiger partial charge in [-0.15, -0.1) is 0 Å². The van der Waals surface area contributed by atoms with Gasteiger partial charge in [-0.3, -0.25) is 4.79 Å². The fraction of sp³-hybridized carbons (Fsp3) is 0.462. The number of rotatable bonds is 2. The Morgan fingerprint density at radius 3 is 2.72 bits per heavy atom. The Bertz CT molecular complexity index is 445. The lowest BCUT2D eigenvalue weighted by molar-refractivity contribution is 0.0350. The molecule has 3 nitrogen and oxygen atoms in total. The number of methoxy groups -OCH3 is 1. The second-order valence-corrected chi connectivity index (χ2v) is 5.12. The molecule has 1 heterocycles. The van der Waals surface area contributed by atoms with Gasteiger partial charge in [-0.2, -0.15) is 0 Å². The van der Waals surface area contributed by atoms with Crippen LogP contribution in [0.15, 0.2) is 22.7 Å². The summed E-state index contributed by atoms with van der Waals surface area (Å²) in [5.74, 6) is -0.538. The van der Waals surface area contributed by atoms with Crippen LogP contribution >= 0.6 is 15.9 Å². The molecule has 1 aliphatic heterocycles. The molecule has 1 aliphatic rings.